The maximum absolute atomic E-state index is 11.2. The fourth-order valence-corrected chi connectivity index (χ4v) is 4.73. The highest BCUT2D eigenvalue weighted by Gasteiger charge is 2.29. The molecule has 0 saturated carbocycles. The standard InChI is InChI=1S/C10H12N2O4S2/c13-7-1-5(2-8(14)11-7)17-18-6-3-9(15)12-10(16)4-6/h5-6H,1-4H2,(H,11,13,14)(H,12,15,16). The van der Waals surface area contributed by atoms with E-state index in [9.17, 15) is 19.2 Å². The first-order valence-electron chi connectivity index (χ1n) is 5.50. The summed E-state index contributed by atoms with van der Waals surface area (Å²) in [5.41, 5.74) is 0. The van der Waals surface area contributed by atoms with Crippen LogP contribution in [0.3, 0.4) is 0 Å². The second kappa shape index (κ2) is 5.75. The lowest BCUT2D eigenvalue weighted by atomic mass is 10.1. The normalized spacial score (nSPS) is 22.9. The van der Waals surface area contributed by atoms with Crippen LogP contribution in [-0.2, 0) is 19.2 Å². The van der Waals surface area contributed by atoms with Crippen LogP contribution in [0.25, 0.3) is 0 Å². The second-order valence-corrected chi connectivity index (χ2v) is 7.07. The minimum absolute atomic E-state index is 0.0728. The van der Waals surface area contributed by atoms with Crippen LogP contribution in [0.2, 0.25) is 0 Å². The Kier molecular flexibility index (Phi) is 4.28. The van der Waals surface area contributed by atoms with Crippen molar-refractivity contribution >= 4 is 45.2 Å². The van der Waals surface area contributed by atoms with Crippen LogP contribution in [0.5, 0.6) is 0 Å². The zero-order valence-electron chi connectivity index (χ0n) is 9.43. The number of nitrogens with one attached hydrogen (secondary N) is 2. The van der Waals surface area contributed by atoms with Gasteiger partial charge in [-0.3, -0.25) is 29.8 Å². The summed E-state index contributed by atoms with van der Waals surface area (Å²) < 4.78 is 0. The molecule has 8 heteroatoms. The fourth-order valence-electron chi connectivity index (χ4n) is 1.78. The minimum atomic E-state index is -0.262. The highest BCUT2D eigenvalue weighted by Crippen LogP contribution is 2.38. The number of carbonyl (C=O) groups is 4. The van der Waals surface area contributed by atoms with E-state index in [0.717, 1.165) is 0 Å². The van der Waals surface area contributed by atoms with Crippen LogP contribution >= 0.6 is 21.6 Å². The lowest BCUT2D eigenvalue weighted by molar-refractivity contribution is -0.134. The maximum Gasteiger partial charge on any atom is 0.227 e. The first-order chi connectivity index (χ1) is 8.52. The van der Waals surface area contributed by atoms with Gasteiger partial charge >= 0.3 is 0 Å². The zero-order chi connectivity index (χ0) is 13.1. The summed E-state index contributed by atoms with van der Waals surface area (Å²) in [6.45, 7) is 0. The fraction of sp³-hybridized carbons (Fsp3) is 0.600. The lowest BCUT2D eigenvalue weighted by Gasteiger charge is -2.24. The van der Waals surface area contributed by atoms with Crippen molar-refractivity contribution in [3.05, 3.63) is 0 Å². The van der Waals surface area contributed by atoms with Gasteiger partial charge in [0.25, 0.3) is 0 Å². The smallest absolute Gasteiger partial charge is 0.227 e. The van der Waals surface area contributed by atoms with Gasteiger partial charge in [-0.25, -0.2) is 0 Å². The molecule has 98 valence electrons. The van der Waals surface area contributed by atoms with E-state index in [-0.39, 0.29) is 34.1 Å². The third kappa shape index (κ3) is 3.74. The van der Waals surface area contributed by atoms with E-state index >= 15 is 0 Å². The quantitative estimate of drug-likeness (QED) is 0.560. The number of amides is 4. The molecule has 0 radical (unpaired) electrons. The molecular weight excluding hydrogens is 276 g/mol. The van der Waals surface area contributed by atoms with Gasteiger partial charge in [0.1, 0.15) is 0 Å². The molecule has 0 bridgehead atoms. The second-order valence-electron chi connectivity index (χ2n) is 4.20. The van der Waals surface area contributed by atoms with Crippen molar-refractivity contribution in [3.8, 4) is 0 Å². The summed E-state index contributed by atoms with van der Waals surface area (Å²) >= 11 is 0. The van der Waals surface area contributed by atoms with E-state index in [1.54, 1.807) is 0 Å². The van der Waals surface area contributed by atoms with Gasteiger partial charge in [-0.15, -0.1) is 0 Å². The molecule has 2 aliphatic rings. The molecule has 2 saturated heterocycles. The summed E-state index contributed by atoms with van der Waals surface area (Å²) in [5, 5.41) is 4.34. The van der Waals surface area contributed by atoms with Crippen molar-refractivity contribution < 1.29 is 19.2 Å². The van der Waals surface area contributed by atoms with Crippen LogP contribution in [-0.4, -0.2) is 34.1 Å². The Morgan fingerprint density at radius 1 is 0.667 bits per heavy atom. The van der Waals surface area contributed by atoms with Gasteiger partial charge in [0.05, 0.1) is 0 Å². The number of imide groups is 2. The van der Waals surface area contributed by atoms with E-state index < -0.39 is 0 Å². The highest BCUT2D eigenvalue weighted by atomic mass is 33.1. The van der Waals surface area contributed by atoms with Crippen LogP contribution in [0, 0.1) is 0 Å². The highest BCUT2D eigenvalue weighted by molar-refractivity contribution is 8.77. The van der Waals surface area contributed by atoms with Crippen LogP contribution in [0.4, 0.5) is 0 Å². The largest absolute Gasteiger partial charge is 0.296 e. The first kappa shape index (κ1) is 13.4. The molecule has 2 heterocycles. The van der Waals surface area contributed by atoms with Crippen molar-refractivity contribution in [2.24, 2.45) is 0 Å². The lowest BCUT2D eigenvalue weighted by Crippen LogP contribution is -2.40. The summed E-state index contributed by atoms with van der Waals surface area (Å²) in [6, 6.07) is 0. The Morgan fingerprint density at radius 3 is 1.22 bits per heavy atom. The zero-order valence-corrected chi connectivity index (χ0v) is 11.1. The summed E-state index contributed by atoms with van der Waals surface area (Å²) in [6.07, 6.45) is 1.21. The molecule has 0 aromatic rings. The Hall–Kier alpha value is -1.02. The van der Waals surface area contributed by atoms with Crippen molar-refractivity contribution in [1.82, 2.24) is 10.6 Å². The molecule has 18 heavy (non-hydrogen) atoms. The Morgan fingerprint density at radius 2 is 0.944 bits per heavy atom. The first-order valence-corrected chi connectivity index (χ1v) is 7.78. The van der Waals surface area contributed by atoms with Gasteiger partial charge in [-0.05, 0) is 0 Å². The summed E-state index contributed by atoms with van der Waals surface area (Å²) in [4.78, 5) is 44.7. The van der Waals surface area contributed by atoms with Crippen molar-refractivity contribution in [2.45, 2.75) is 36.2 Å². The van der Waals surface area contributed by atoms with Gasteiger partial charge in [0, 0.05) is 36.2 Å². The molecule has 0 aromatic heterocycles. The van der Waals surface area contributed by atoms with Gasteiger partial charge in [0.15, 0.2) is 0 Å². The molecule has 0 unspecified atom stereocenters. The van der Waals surface area contributed by atoms with Crippen LogP contribution in [0.1, 0.15) is 25.7 Å². The number of rotatable bonds is 3. The Bertz CT molecular complexity index is 343. The molecule has 0 aromatic carbocycles. The monoisotopic (exact) mass is 288 g/mol. The number of hydrogen-bond acceptors (Lipinski definition) is 6. The van der Waals surface area contributed by atoms with Gasteiger partial charge in [0.2, 0.25) is 23.6 Å². The number of piperidine rings is 2. The molecule has 2 aliphatic heterocycles. The molecule has 2 rings (SSSR count). The van der Waals surface area contributed by atoms with E-state index in [2.05, 4.69) is 10.6 Å². The molecule has 2 fully saturated rings. The van der Waals surface area contributed by atoms with Crippen molar-refractivity contribution in [2.75, 3.05) is 0 Å². The van der Waals surface area contributed by atoms with E-state index in [1.165, 1.54) is 21.6 Å². The SMILES string of the molecule is O=C1CC(SSC2CC(=O)NC(=O)C2)CC(=O)N1. The van der Waals surface area contributed by atoms with Gasteiger partial charge in [-0.2, -0.15) is 0 Å². The predicted octanol–water partition coefficient (Wildman–Crippen LogP) is -0.0218. The topological polar surface area (TPSA) is 92.3 Å². The van der Waals surface area contributed by atoms with Gasteiger partial charge in [-0.1, -0.05) is 21.6 Å². The molecule has 0 spiro atoms. The van der Waals surface area contributed by atoms with Crippen LogP contribution < -0.4 is 10.6 Å². The van der Waals surface area contributed by atoms with E-state index in [0.29, 0.717) is 25.7 Å². The third-order valence-electron chi connectivity index (χ3n) is 2.54. The molecule has 0 atom stereocenters. The number of carbonyl (C=O) groups excluding carboxylic acids is 4. The predicted molar refractivity (Wildman–Crippen MR) is 67.5 cm³/mol. The van der Waals surface area contributed by atoms with Crippen molar-refractivity contribution in [3.63, 3.8) is 0 Å². The molecular formula is C10H12N2O4S2. The van der Waals surface area contributed by atoms with Crippen molar-refractivity contribution in [1.29, 1.82) is 0 Å². The molecule has 6 nitrogen and oxygen atoms in total. The average molecular weight is 288 g/mol. The average Bonchev–Trinajstić information content (AvgIpc) is 2.23. The summed E-state index contributed by atoms with van der Waals surface area (Å²) in [7, 11) is 2.84. The molecule has 4 amide bonds. The minimum Gasteiger partial charge on any atom is -0.296 e. The number of hydrogen-bond donors (Lipinski definition) is 2. The Balaban J connectivity index is 1.80. The molecule has 0 aliphatic carbocycles. The Labute approximate surface area is 111 Å². The van der Waals surface area contributed by atoms with Crippen LogP contribution in [0.15, 0.2) is 0 Å². The third-order valence-corrected chi connectivity index (χ3v) is 5.83. The van der Waals surface area contributed by atoms with E-state index in [4.69, 9.17) is 0 Å². The van der Waals surface area contributed by atoms with E-state index in [1.807, 2.05) is 0 Å². The summed E-state index contributed by atoms with van der Waals surface area (Å²) in [5.74, 6) is -1.05. The maximum atomic E-state index is 11.2. The van der Waals surface area contributed by atoms with Gasteiger partial charge < -0.3 is 0 Å². The molecule has 2 N–H and O–H groups in total.